The minimum atomic E-state index is -0.242. The van der Waals surface area contributed by atoms with Crippen molar-refractivity contribution >= 4 is 11.3 Å². The number of halogens is 1. The van der Waals surface area contributed by atoms with Crippen LogP contribution < -0.4 is 5.32 Å². The Labute approximate surface area is 110 Å². The molecule has 0 spiro atoms. The van der Waals surface area contributed by atoms with E-state index in [1.807, 2.05) is 6.07 Å². The maximum Gasteiger partial charge on any atom is 0.147 e. The van der Waals surface area contributed by atoms with Crippen LogP contribution in [0.5, 0.6) is 0 Å². The summed E-state index contributed by atoms with van der Waals surface area (Å²) in [5.41, 5.74) is 0.792. The molecule has 0 saturated carbocycles. The number of nitrogens with one attached hydrogen (secondary N) is 1. The number of nitrogens with zero attached hydrogens (tertiary/aromatic N) is 2. The molecule has 0 saturated heterocycles. The Balaban J connectivity index is 1.97. The molecule has 18 heavy (non-hydrogen) atoms. The second kappa shape index (κ2) is 6.56. The van der Waals surface area contributed by atoms with Crippen LogP contribution in [-0.2, 0) is 6.42 Å². The zero-order valence-electron chi connectivity index (χ0n) is 10.3. The van der Waals surface area contributed by atoms with Crippen LogP contribution in [0.15, 0.2) is 24.3 Å². The van der Waals surface area contributed by atoms with Gasteiger partial charge in [0.15, 0.2) is 0 Å². The summed E-state index contributed by atoms with van der Waals surface area (Å²) in [5.74, 6) is -0.242. The minimum absolute atomic E-state index is 0.242. The first-order chi connectivity index (χ1) is 8.79. The lowest BCUT2D eigenvalue weighted by molar-refractivity contribution is 0.628. The molecular weight excluding hydrogens is 249 g/mol. The van der Waals surface area contributed by atoms with Crippen LogP contribution in [0.1, 0.15) is 18.4 Å². The maximum atomic E-state index is 13.1. The van der Waals surface area contributed by atoms with Crippen molar-refractivity contribution in [2.24, 2.45) is 0 Å². The van der Waals surface area contributed by atoms with Crippen molar-refractivity contribution in [3.63, 3.8) is 0 Å². The molecular formula is C13H16FN3S. The van der Waals surface area contributed by atoms with Gasteiger partial charge in [-0.2, -0.15) is 0 Å². The van der Waals surface area contributed by atoms with Gasteiger partial charge in [-0.25, -0.2) is 4.39 Å². The molecule has 96 valence electrons. The average molecular weight is 265 g/mol. The Morgan fingerprint density at radius 3 is 2.94 bits per heavy atom. The Hall–Kier alpha value is -1.33. The summed E-state index contributed by atoms with van der Waals surface area (Å²) in [4.78, 5) is 0. The second-order valence-electron chi connectivity index (χ2n) is 4.01. The zero-order chi connectivity index (χ0) is 12.8. The Morgan fingerprint density at radius 1 is 1.28 bits per heavy atom. The average Bonchev–Trinajstić information content (AvgIpc) is 2.83. The fraction of sp³-hybridized carbons (Fsp3) is 0.385. The van der Waals surface area contributed by atoms with E-state index in [9.17, 15) is 4.39 Å². The summed E-state index contributed by atoms with van der Waals surface area (Å²) in [7, 11) is 0. The first-order valence-electron chi connectivity index (χ1n) is 6.08. The van der Waals surface area contributed by atoms with Crippen LogP contribution in [-0.4, -0.2) is 23.3 Å². The lowest BCUT2D eigenvalue weighted by Crippen LogP contribution is -2.17. The van der Waals surface area contributed by atoms with Crippen LogP contribution in [0, 0.1) is 5.82 Å². The van der Waals surface area contributed by atoms with Gasteiger partial charge in [0.2, 0.25) is 0 Å². The number of hydrogen-bond acceptors (Lipinski definition) is 4. The monoisotopic (exact) mass is 265 g/mol. The smallest absolute Gasteiger partial charge is 0.147 e. The van der Waals surface area contributed by atoms with E-state index in [1.54, 1.807) is 6.07 Å². The summed E-state index contributed by atoms with van der Waals surface area (Å²) in [5, 5.41) is 13.3. The summed E-state index contributed by atoms with van der Waals surface area (Å²) in [6, 6.07) is 6.46. The first kappa shape index (κ1) is 13.1. The second-order valence-corrected chi connectivity index (χ2v) is 5.07. The molecule has 0 bridgehead atoms. The van der Waals surface area contributed by atoms with Gasteiger partial charge in [-0.1, -0.05) is 30.4 Å². The SMILES string of the molecule is CCCNCCc1nnc(-c2cccc(F)c2)s1. The largest absolute Gasteiger partial charge is 0.316 e. The summed E-state index contributed by atoms with van der Waals surface area (Å²) < 4.78 is 13.1. The van der Waals surface area contributed by atoms with Gasteiger partial charge in [-0.05, 0) is 25.1 Å². The Bertz CT molecular complexity index is 498. The van der Waals surface area contributed by atoms with E-state index in [4.69, 9.17) is 0 Å². The van der Waals surface area contributed by atoms with Crippen molar-refractivity contribution in [1.29, 1.82) is 0 Å². The van der Waals surface area contributed by atoms with Crippen molar-refractivity contribution < 1.29 is 4.39 Å². The fourth-order valence-corrected chi connectivity index (χ4v) is 2.43. The predicted molar refractivity (Wildman–Crippen MR) is 72.2 cm³/mol. The molecule has 2 rings (SSSR count). The summed E-state index contributed by atoms with van der Waals surface area (Å²) in [6.45, 7) is 4.07. The van der Waals surface area contributed by atoms with Gasteiger partial charge in [0, 0.05) is 18.5 Å². The van der Waals surface area contributed by atoms with Gasteiger partial charge < -0.3 is 5.32 Å². The van der Waals surface area contributed by atoms with Crippen molar-refractivity contribution in [3.8, 4) is 10.6 Å². The van der Waals surface area contributed by atoms with Gasteiger partial charge in [0.25, 0.3) is 0 Å². The van der Waals surface area contributed by atoms with Gasteiger partial charge in [0.1, 0.15) is 15.8 Å². The molecule has 1 N–H and O–H groups in total. The molecule has 0 atom stereocenters. The predicted octanol–water partition coefficient (Wildman–Crippen LogP) is 2.89. The van der Waals surface area contributed by atoms with E-state index >= 15 is 0 Å². The van der Waals surface area contributed by atoms with Crippen molar-refractivity contribution in [1.82, 2.24) is 15.5 Å². The third-order valence-electron chi connectivity index (χ3n) is 2.48. The molecule has 1 heterocycles. The van der Waals surface area contributed by atoms with E-state index in [2.05, 4.69) is 22.4 Å². The Kier molecular flexibility index (Phi) is 4.78. The first-order valence-corrected chi connectivity index (χ1v) is 6.90. The zero-order valence-corrected chi connectivity index (χ0v) is 11.1. The molecule has 2 aromatic rings. The highest BCUT2D eigenvalue weighted by molar-refractivity contribution is 7.14. The normalized spacial score (nSPS) is 10.8. The molecule has 0 radical (unpaired) electrons. The van der Waals surface area contributed by atoms with Crippen molar-refractivity contribution in [2.75, 3.05) is 13.1 Å². The van der Waals surface area contributed by atoms with Crippen LogP contribution in [0.3, 0.4) is 0 Å². The quantitative estimate of drug-likeness (QED) is 0.816. The van der Waals surface area contributed by atoms with Gasteiger partial charge in [-0.3, -0.25) is 0 Å². The Morgan fingerprint density at radius 2 is 2.17 bits per heavy atom. The molecule has 3 nitrogen and oxygen atoms in total. The van der Waals surface area contributed by atoms with Crippen LogP contribution >= 0.6 is 11.3 Å². The third-order valence-corrected chi connectivity index (χ3v) is 3.51. The topological polar surface area (TPSA) is 37.8 Å². The van der Waals surface area contributed by atoms with E-state index < -0.39 is 0 Å². The van der Waals surface area contributed by atoms with Crippen molar-refractivity contribution in [2.45, 2.75) is 19.8 Å². The highest BCUT2D eigenvalue weighted by Crippen LogP contribution is 2.23. The fourth-order valence-electron chi connectivity index (χ4n) is 1.59. The molecule has 0 aliphatic carbocycles. The molecule has 0 aliphatic rings. The molecule has 0 fully saturated rings. The number of hydrogen-bond donors (Lipinski definition) is 1. The minimum Gasteiger partial charge on any atom is -0.316 e. The van der Waals surface area contributed by atoms with E-state index in [0.717, 1.165) is 41.5 Å². The number of benzene rings is 1. The molecule has 0 unspecified atom stereocenters. The van der Waals surface area contributed by atoms with E-state index in [-0.39, 0.29) is 5.82 Å². The van der Waals surface area contributed by atoms with E-state index in [0.29, 0.717) is 0 Å². The van der Waals surface area contributed by atoms with Crippen LogP contribution in [0.4, 0.5) is 4.39 Å². The van der Waals surface area contributed by atoms with Gasteiger partial charge in [-0.15, -0.1) is 10.2 Å². The molecule has 0 amide bonds. The third kappa shape index (κ3) is 3.58. The molecule has 5 heteroatoms. The summed E-state index contributed by atoms with van der Waals surface area (Å²) in [6.07, 6.45) is 2.00. The lowest BCUT2D eigenvalue weighted by atomic mass is 10.2. The number of rotatable bonds is 6. The highest BCUT2D eigenvalue weighted by atomic mass is 32.1. The van der Waals surface area contributed by atoms with Crippen LogP contribution in [0.25, 0.3) is 10.6 Å². The van der Waals surface area contributed by atoms with Gasteiger partial charge in [0.05, 0.1) is 0 Å². The molecule has 0 aliphatic heterocycles. The maximum absolute atomic E-state index is 13.1. The van der Waals surface area contributed by atoms with Crippen LogP contribution in [0.2, 0.25) is 0 Å². The summed E-state index contributed by atoms with van der Waals surface area (Å²) >= 11 is 1.52. The molecule has 1 aromatic carbocycles. The molecule has 1 aromatic heterocycles. The highest BCUT2D eigenvalue weighted by Gasteiger charge is 2.06. The van der Waals surface area contributed by atoms with Gasteiger partial charge >= 0.3 is 0 Å². The van der Waals surface area contributed by atoms with Crippen molar-refractivity contribution in [3.05, 3.63) is 35.1 Å². The standard InChI is InChI=1S/C13H16FN3S/c1-2-7-15-8-6-12-16-17-13(18-12)10-4-3-5-11(14)9-10/h3-5,9,15H,2,6-8H2,1H3. The van der Waals surface area contributed by atoms with E-state index in [1.165, 1.54) is 23.5 Å². The lowest BCUT2D eigenvalue weighted by Gasteiger charge is -1.98. The number of aromatic nitrogens is 2.